The fourth-order valence-corrected chi connectivity index (χ4v) is 9.45. The van der Waals surface area contributed by atoms with E-state index < -0.39 is 7.92 Å². The molecule has 0 bridgehead atoms. The zero-order valence-electron chi connectivity index (χ0n) is 25.8. The molecule has 0 aliphatic carbocycles. The average Bonchev–Trinajstić information content (AvgIpc) is 3.15. The Hall–Kier alpha value is -5.55. The third kappa shape index (κ3) is 4.90. The molecular formula is C46H31P. The molecule has 0 aliphatic rings. The molecule has 9 aromatic carbocycles. The summed E-state index contributed by atoms with van der Waals surface area (Å²) in [6.45, 7) is 0. The second-order valence-corrected chi connectivity index (χ2v) is 14.4. The molecule has 9 aromatic rings. The molecule has 0 fully saturated rings. The third-order valence-electron chi connectivity index (χ3n) is 9.42. The Balaban J connectivity index is 1.13. The molecule has 0 amide bonds. The zero-order valence-corrected chi connectivity index (χ0v) is 26.7. The highest BCUT2D eigenvalue weighted by atomic mass is 31.1. The van der Waals surface area contributed by atoms with Crippen LogP contribution in [0, 0.1) is 0 Å². The van der Waals surface area contributed by atoms with Crippen LogP contribution in [0.2, 0.25) is 0 Å². The first-order valence-electron chi connectivity index (χ1n) is 16.2. The first kappa shape index (κ1) is 27.7. The van der Waals surface area contributed by atoms with Crippen LogP contribution in [0.5, 0.6) is 0 Å². The van der Waals surface area contributed by atoms with Gasteiger partial charge in [0.2, 0.25) is 0 Å². The molecule has 9 rings (SSSR count). The Kier molecular flexibility index (Phi) is 6.89. The van der Waals surface area contributed by atoms with Gasteiger partial charge in [0.05, 0.1) is 0 Å². The van der Waals surface area contributed by atoms with Crippen LogP contribution in [0.1, 0.15) is 0 Å². The van der Waals surface area contributed by atoms with E-state index in [9.17, 15) is 0 Å². The van der Waals surface area contributed by atoms with E-state index in [2.05, 4.69) is 188 Å². The minimum absolute atomic E-state index is 0.734. The number of fused-ring (bicyclic) bond motifs is 6. The van der Waals surface area contributed by atoms with Crippen LogP contribution in [-0.4, -0.2) is 0 Å². The fraction of sp³-hybridized carbons (Fsp3) is 0. The van der Waals surface area contributed by atoms with Gasteiger partial charge in [-0.1, -0.05) is 176 Å². The van der Waals surface area contributed by atoms with Gasteiger partial charge in [-0.3, -0.25) is 0 Å². The van der Waals surface area contributed by atoms with Gasteiger partial charge in [0.1, 0.15) is 0 Å². The molecule has 0 unspecified atom stereocenters. The number of hydrogen-bond acceptors (Lipinski definition) is 0. The second-order valence-electron chi connectivity index (χ2n) is 12.1. The topological polar surface area (TPSA) is 0 Å². The van der Waals surface area contributed by atoms with Crippen molar-refractivity contribution in [3.63, 3.8) is 0 Å². The molecule has 0 heterocycles. The normalized spacial score (nSPS) is 11.6. The molecule has 0 aliphatic heterocycles. The smallest absolute Gasteiger partial charge is 0.00990 e. The van der Waals surface area contributed by atoms with Gasteiger partial charge in [0, 0.05) is 0 Å². The maximum Gasteiger partial charge on any atom is -0.00990 e. The second kappa shape index (κ2) is 11.7. The number of hydrogen-bond donors (Lipinski definition) is 0. The summed E-state index contributed by atoms with van der Waals surface area (Å²) in [6.07, 6.45) is 0. The summed E-state index contributed by atoms with van der Waals surface area (Å²) >= 11 is 0. The Morgan fingerprint density at radius 3 is 1.04 bits per heavy atom. The van der Waals surface area contributed by atoms with Gasteiger partial charge >= 0.3 is 0 Å². The molecule has 1 heteroatoms. The SMILES string of the molecule is c1ccc(P(c2ccc(-c3cc4ccccc4c4ccccc34)cc2)c2ccc(-c3cc4ccccc4c4ccccc34)cc2)cc1. The van der Waals surface area contributed by atoms with Crippen LogP contribution in [-0.2, 0) is 0 Å². The van der Waals surface area contributed by atoms with Crippen molar-refractivity contribution in [2.45, 2.75) is 0 Å². The third-order valence-corrected chi connectivity index (χ3v) is 11.9. The minimum Gasteiger partial charge on any atom is -0.0622 e. The number of benzene rings is 9. The van der Waals surface area contributed by atoms with Gasteiger partial charge in [-0.15, -0.1) is 0 Å². The van der Waals surface area contributed by atoms with E-state index in [0.717, 1.165) is 0 Å². The summed E-state index contributed by atoms with van der Waals surface area (Å²) in [5.74, 6) is 0. The molecule has 0 radical (unpaired) electrons. The van der Waals surface area contributed by atoms with E-state index >= 15 is 0 Å². The van der Waals surface area contributed by atoms with Crippen molar-refractivity contribution in [1.29, 1.82) is 0 Å². The average molecular weight is 615 g/mol. The quantitative estimate of drug-likeness (QED) is 0.134. The highest BCUT2D eigenvalue weighted by Gasteiger charge is 2.18. The van der Waals surface area contributed by atoms with Crippen molar-refractivity contribution < 1.29 is 0 Å². The molecule has 47 heavy (non-hydrogen) atoms. The van der Waals surface area contributed by atoms with Crippen LogP contribution in [0.4, 0.5) is 0 Å². The van der Waals surface area contributed by atoms with Crippen LogP contribution < -0.4 is 15.9 Å². The lowest BCUT2D eigenvalue weighted by Gasteiger charge is -2.20. The van der Waals surface area contributed by atoms with E-state index in [1.165, 1.54) is 81.3 Å². The van der Waals surface area contributed by atoms with Crippen molar-refractivity contribution in [3.8, 4) is 22.3 Å². The zero-order chi connectivity index (χ0) is 31.2. The molecule has 220 valence electrons. The molecule has 0 spiro atoms. The van der Waals surface area contributed by atoms with Crippen molar-refractivity contribution in [2.75, 3.05) is 0 Å². The molecular weight excluding hydrogens is 583 g/mol. The molecule has 0 saturated carbocycles. The van der Waals surface area contributed by atoms with Crippen molar-refractivity contribution >= 4 is 66.9 Å². The fourth-order valence-electron chi connectivity index (χ4n) is 7.19. The van der Waals surface area contributed by atoms with Gasteiger partial charge in [-0.05, 0) is 101 Å². The lowest BCUT2D eigenvalue weighted by molar-refractivity contribution is 1.68. The molecule has 0 atom stereocenters. The van der Waals surface area contributed by atoms with E-state index in [0.29, 0.717) is 0 Å². The van der Waals surface area contributed by atoms with E-state index in [4.69, 9.17) is 0 Å². The van der Waals surface area contributed by atoms with E-state index in [1.54, 1.807) is 0 Å². The van der Waals surface area contributed by atoms with Crippen LogP contribution in [0.15, 0.2) is 188 Å². The maximum atomic E-state index is 2.35. The van der Waals surface area contributed by atoms with Crippen LogP contribution >= 0.6 is 7.92 Å². The Morgan fingerprint density at radius 2 is 0.596 bits per heavy atom. The summed E-state index contributed by atoms with van der Waals surface area (Å²) in [5.41, 5.74) is 5.05. The monoisotopic (exact) mass is 614 g/mol. The van der Waals surface area contributed by atoms with Crippen molar-refractivity contribution in [3.05, 3.63) is 188 Å². The molecule has 0 nitrogen and oxygen atoms in total. The highest BCUT2D eigenvalue weighted by molar-refractivity contribution is 7.79. The Bertz CT molecular complexity index is 2380. The van der Waals surface area contributed by atoms with E-state index in [-0.39, 0.29) is 0 Å². The predicted molar refractivity (Wildman–Crippen MR) is 206 cm³/mol. The lowest BCUT2D eigenvalue weighted by Crippen LogP contribution is -2.20. The Morgan fingerprint density at radius 1 is 0.255 bits per heavy atom. The number of rotatable bonds is 5. The summed E-state index contributed by atoms with van der Waals surface area (Å²) in [6, 6.07) is 69.4. The van der Waals surface area contributed by atoms with Crippen LogP contribution in [0.25, 0.3) is 65.3 Å². The van der Waals surface area contributed by atoms with Crippen molar-refractivity contribution in [2.24, 2.45) is 0 Å². The van der Waals surface area contributed by atoms with Gasteiger partial charge < -0.3 is 0 Å². The van der Waals surface area contributed by atoms with Crippen molar-refractivity contribution in [1.82, 2.24) is 0 Å². The highest BCUT2D eigenvalue weighted by Crippen LogP contribution is 2.39. The van der Waals surface area contributed by atoms with Gasteiger partial charge in [0.15, 0.2) is 0 Å². The first-order chi connectivity index (χ1) is 23.3. The summed E-state index contributed by atoms with van der Waals surface area (Å²) in [4.78, 5) is 0. The van der Waals surface area contributed by atoms with E-state index in [1.807, 2.05) is 0 Å². The summed E-state index contributed by atoms with van der Waals surface area (Å²) in [5, 5.41) is 14.4. The minimum atomic E-state index is -0.734. The largest absolute Gasteiger partial charge is 0.0622 e. The molecule has 0 aromatic heterocycles. The predicted octanol–water partition coefficient (Wildman–Crippen LogP) is 11.4. The summed E-state index contributed by atoms with van der Waals surface area (Å²) in [7, 11) is -0.734. The standard InChI is InChI=1S/C46H31P/c1-2-14-36(15-3-1)47(37-26-22-32(23-27-37)45-30-34-12-4-6-16-39(34)41-18-8-10-20-43(41)45)38-28-24-33(25-29-38)46-31-35-13-5-7-17-40(35)42-19-9-11-21-44(42)46/h1-31H. The molecule has 0 saturated heterocycles. The van der Waals surface area contributed by atoms with Gasteiger partial charge in [0.25, 0.3) is 0 Å². The Labute approximate surface area is 276 Å². The first-order valence-corrected chi connectivity index (χ1v) is 17.5. The van der Waals surface area contributed by atoms with Gasteiger partial charge in [-0.2, -0.15) is 0 Å². The summed E-state index contributed by atoms with van der Waals surface area (Å²) < 4.78 is 0. The molecule has 0 N–H and O–H groups in total. The lowest BCUT2D eigenvalue weighted by atomic mass is 9.93. The maximum absolute atomic E-state index is 2.35. The van der Waals surface area contributed by atoms with Gasteiger partial charge in [-0.25, -0.2) is 0 Å². The van der Waals surface area contributed by atoms with Crippen LogP contribution in [0.3, 0.4) is 0 Å².